The van der Waals surface area contributed by atoms with Crippen molar-refractivity contribution in [1.82, 2.24) is 15.1 Å². The number of aromatic nitrogens is 3. The topological polar surface area (TPSA) is 99.4 Å². The highest BCUT2D eigenvalue weighted by Gasteiger charge is 2.07. The molecular formula is C18H17N5O2. The average Bonchev–Trinajstić information content (AvgIpc) is 3.07. The predicted octanol–water partition coefficient (Wildman–Crippen LogP) is 2.69. The molecule has 0 fully saturated rings. The molecule has 7 nitrogen and oxygen atoms in total. The number of aryl methyl sites for hydroxylation is 1. The van der Waals surface area contributed by atoms with Gasteiger partial charge in [-0.2, -0.15) is 0 Å². The van der Waals surface area contributed by atoms with E-state index >= 15 is 0 Å². The second kappa shape index (κ2) is 7.39. The van der Waals surface area contributed by atoms with Crippen LogP contribution in [-0.2, 0) is 0 Å². The fourth-order valence-electron chi connectivity index (χ4n) is 2.15. The van der Waals surface area contributed by atoms with E-state index in [2.05, 4.69) is 20.1 Å². The van der Waals surface area contributed by atoms with Gasteiger partial charge in [0.15, 0.2) is 11.6 Å². The molecule has 0 aliphatic heterocycles. The molecule has 2 aromatic heterocycles. The smallest absolute Gasteiger partial charge is 0.162 e. The summed E-state index contributed by atoms with van der Waals surface area (Å²) in [5.74, 6) is 1.59. The van der Waals surface area contributed by atoms with Crippen LogP contribution >= 0.6 is 0 Å². The monoisotopic (exact) mass is 335 g/mol. The number of ether oxygens (including phenoxy) is 1. The number of methoxy groups -OCH3 is 1. The molecule has 0 saturated carbocycles. The molecule has 0 unspecified atom stereocenters. The molecule has 25 heavy (non-hydrogen) atoms. The van der Waals surface area contributed by atoms with Crippen LogP contribution in [0.1, 0.15) is 22.7 Å². The molecule has 126 valence electrons. The van der Waals surface area contributed by atoms with E-state index in [4.69, 9.17) is 15.0 Å². The Morgan fingerprint density at radius 3 is 2.64 bits per heavy atom. The normalized spacial score (nSPS) is 12.2. The number of amidine groups is 1. The van der Waals surface area contributed by atoms with Crippen molar-refractivity contribution in [3.8, 4) is 5.75 Å². The fraction of sp³-hybridized carbons (Fsp3) is 0.111. The zero-order chi connectivity index (χ0) is 17.6. The van der Waals surface area contributed by atoms with Gasteiger partial charge >= 0.3 is 0 Å². The van der Waals surface area contributed by atoms with E-state index in [9.17, 15) is 0 Å². The first-order valence-corrected chi connectivity index (χ1v) is 7.55. The van der Waals surface area contributed by atoms with E-state index in [1.807, 2.05) is 37.3 Å². The van der Waals surface area contributed by atoms with Crippen LogP contribution in [0.5, 0.6) is 5.75 Å². The van der Waals surface area contributed by atoms with Gasteiger partial charge in [-0.15, -0.1) is 0 Å². The van der Waals surface area contributed by atoms with Crippen molar-refractivity contribution in [3.05, 3.63) is 71.6 Å². The molecule has 0 aliphatic carbocycles. The number of nitrogens with zero attached hydrogens (tertiary/aromatic N) is 4. The Balaban J connectivity index is 2.03. The third-order valence-corrected chi connectivity index (χ3v) is 3.38. The summed E-state index contributed by atoms with van der Waals surface area (Å²) in [5.41, 5.74) is 8.83. The minimum absolute atomic E-state index is 0.256. The van der Waals surface area contributed by atoms with Crippen molar-refractivity contribution in [2.45, 2.75) is 6.92 Å². The van der Waals surface area contributed by atoms with Crippen LogP contribution in [0.15, 0.2) is 58.4 Å². The Labute approximate surface area is 144 Å². The van der Waals surface area contributed by atoms with E-state index in [1.54, 1.807) is 31.8 Å². The lowest BCUT2D eigenvalue weighted by atomic mass is 10.1. The Morgan fingerprint density at radius 2 is 2.04 bits per heavy atom. The minimum atomic E-state index is 0.256. The van der Waals surface area contributed by atoms with Gasteiger partial charge in [0.2, 0.25) is 0 Å². The van der Waals surface area contributed by atoms with Crippen molar-refractivity contribution in [3.63, 3.8) is 0 Å². The molecule has 0 aliphatic rings. The van der Waals surface area contributed by atoms with Gasteiger partial charge in [0.05, 0.1) is 24.7 Å². The highest BCUT2D eigenvalue weighted by Crippen LogP contribution is 2.23. The Morgan fingerprint density at radius 1 is 1.24 bits per heavy atom. The number of benzene rings is 1. The number of rotatable bonds is 5. The molecular weight excluding hydrogens is 318 g/mol. The summed E-state index contributed by atoms with van der Waals surface area (Å²) in [7, 11) is 1.62. The predicted molar refractivity (Wildman–Crippen MR) is 94.9 cm³/mol. The Hall–Kier alpha value is -3.48. The third kappa shape index (κ3) is 4.08. The molecule has 0 saturated heterocycles. The van der Waals surface area contributed by atoms with E-state index in [0.717, 1.165) is 17.0 Å². The minimum Gasteiger partial charge on any atom is -0.497 e. The largest absolute Gasteiger partial charge is 0.497 e. The summed E-state index contributed by atoms with van der Waals surface area (Å²) in [6.07, 6.45) is 6.47. The molecule has 2 N–H and O–H groups in total. The number of hydrogen-bond acceptors (Lipinski definition) is 6. The van der Waals surface area contributed by atoms with Crippen molar-refractivity contribution in [1.29, 1.82) is 0 Å². The van der Waals surface area contributed by atoms with E-state index in [-0.39, 0.29) is 5.84 Å². The Kier molecular flexibility index (Phi) is 4.84. The zero-order valence-corrected chi connectivity index (χ0v) is 13.9. The molecule has 1 aromatic carbocycles. The summed E-state index contributed by atoms with van der Waals surface area (Å²) >= 11 is 0. The molecule has 3 rings (SSSR count). The lowest BCUT2D eigenvalue weighted by Crippen LogP contribution is -2.15. The lowest BCUT2D eigenvalue weighted by molar-refractivity contribution is 0.408. The maximum Gasteiger partial charge on any atom is 0.162 e. The van der Waals surface area contributed by atoms with Gasteiger partial charge in [0.25, 0.3) is 0 Å². The van der Waals surface area contributed by atoms with Crippen molar-refractivity contribution < 1.29 is 9.26 Å². The van der Waals surface area contributed by atoms with Crippen molar-refractivity contribution in [2.24, 2.45) is 10.7 Å². The van der Waals surface area contributed by atoms with Crippen LogP contribution in [0.4, 0.5) is 0 Å². The molecule has 3 aromatic rings. The number of hydrogen-bond donors (Lipinski definition) is 1. The van der Waals surface area contributed by atoms with Gasteiger partial charge in [0.1, 0.15) is 11.4 Å². The van der Waals surface area contributed by atoms with Crippen LogP contribution < -0.4 is 10.5 Å². The molecule has 7 heteroatoms. The summed E-state index contributed by atoms with van der Waals surface area (Å²) in [5, 5.41) is 3.89. The van der Waals surface area contributed by atoms with Gasteiger partial charge in [-0.05, 0) is 31.2 Å². The second-order valence-electron chi connectivity index (χ2n) is 5.22. The highest BCUT2D eigenvalue weighted by atomic mass is 16.5. The summed E-state index contributed by atoms with van der Waals surface area (Å²) in [6.45, 7) is 1.85. The SMILES string of the molecule is COc1ccc(/C(=C\c2cc(C)no2)N=C(N)c2cnccn2)cc1. The van der Waals surface area contributed by atoms with Crippen LogP contribution in [0.25, 0.3) is 11.8 Å². The summed E-state index contributed by atoms with van der Waals surface area (Å²) in [6, 6.07) is 9.30. The van der Waals surface area contributed by atoms with Gasteiger partial charge in [-0.25, -0.2) is 9.98 Å². The third-order valence-electron chi connectivity index (χ3n) is 3.38. The quantitative estimate of drug-likeness (QED) is 0.568. The first kappa shape index (κ1) is 16.4. The van der Waals surface area contributed by atoms with Crippen molar-refractivity contribution in [2.75, 3.05) is 7.11 Å². The van der Waals surface area contributed by atoms with Gasteiger partial charge in [-0.1, -0.05) is 5.16 Å². The summed E-state index contributed by atoms with van der Waals surface area (Å²) in [4.78, 5) is 12.7. The fourth-order valence-corrected chi connectivity index (χ4v) is 2.15. The Bertz CT molecular complexity index is 899. The molecule has 2 heterocycles. The lowest BCUT2D eigenvalue weighted by Gasteiger charge is -2.06. The van der Waals surface area contributed by atoms with Gasteiger partial charge in [0, 0.05) is 30.1 Å². The molecule has 0 atom stereocenters. The molecule has 0 radical (unpaired) electrons. The number of aliphatic imine (C=N–C) groups is 1. The van der Waals surface area contributed by atoms with Gasteiger partial charge in [-0.3, -0.25) is 4.98 Å². The van der Waals surface area contributed by atoms with Gasteiger partial charge < -0.3 is 15.0 Å². The first-order chi connectivity index (χ1) is 12.2. The highest BCUT2D eigenvalue weighted by molar-refractivity contribution is 6.00. The average molecular weight is 335 g/mol. The van der Waals surface area contributed by atoms with E-state index in [1.165, 1.54) is 0 Å². The number of nitrogens with two attached hydrogens (primary N) is 1. The van der Waals surface area contributed by atoms with E-state index < -0.39 is 0 Å². The molecule has 0 spiro atoms. The molecule has 0 bridgehead atoms. The first-order valence-electron chi connectivity index (χ1n) is 7.55. The molecule has 0 amide bonds. The van der Waals surface area contributed by atoms with Crippen LogP contribution in [-0.4, -0.2) is 28.1 Å². The van der Waals surface area contributed by atoms with Crippen LogP contribution in [0.3, 0.4) is 0 Å². The van der Waals surface area contributed by atoms with Crippen molar-refractivity contribution >= 4 is 17.6 Å². The van der Waals surface area contributed by atoms with E-state index in [0.29, 0.717) is 17.2 Å². The zero-order valence-electron chi connectivity index (χ0n) is 13.9. The maximum atomic E-state index is 6.08. The van der Waals surface area contributed by atoms with Crippen LogP contribution in [0, 0.1) is 6.92 Å². The van der Waals surface area contributed by atoms with Crippen LogP contribution in [0.2, 0.25) is 0 Å². The second-order valence-corrected chi connectivity index (χ2v) is 5.22. The maximum absolute atomic E-state index is 6.08. The summed E-state index contributed by atoms with van der Waals surface area (Å²) < 4.78 is 10.5. The standard InChI is InChI=1S/C18H17N5O2/c1-12-9-15(25-23-12)10-16(13-3-5-14(24-2)6-4-13)22-18(19)17-11-20-7-8-21-17/h3-11H,1-2H3,(H2,19,22)/b16-10+.